The Kier molecular flexibility index (Phi) is 4.24. The first-order chi connectivity index (χ1) is 13.0. The van der Waals surface area contributed by atoms with Gasteiger partial charge in [-0.15, -0.1) is 0 Å². The third kappa shape index (κ3) is 3.21. The van der Waals surface area contributed by atoms with Crippen molar-refractivity contribution in [2.75, 3.05) is 12.4 Å². The lowest BCUT2D eigenvalue weighted by atomic mass is 10.1. The molecule has 0 atom stereocenters. The zero-order chi connectivity index (χ0) is 19.0. The summed E-state index contributed by atoms with van der Waals surface area (Å²) in [5, 5.41) is 8.44. The van der Waals surface area contributed by atoms with Crippen LogP contribution in [0.25, 0.3) is 22.0 Å². The van der Waals surface area contributed by atoms with Crippen molar-refractivity contribution in [2.45, 2.75) is 6.54 Å². The van der Waals surface area contributed by atoms with Crippen LogP contribution < -0.4 is 10.9 Å². The molecule has 0 fully saturated rings. The van der Waals surface area contributed by atoms with Crippen molar-refractivity contribution < 1.29 is 4.39 Å². The molecule has 1 N–H and O–H groups in total. The number of benzene rings is 2. The Morgan fingerprint density at radius 2 is 1.85 bits per heavy atom. The van der Waals surface area contributed by atoms with Crippen LogP contribution in [0.3, 0.4) is 0 Å². The van der Waals surface area contributed by atoms with Gasteiger partial charge in [0.15, 0.2) is 0 Å². The maximum atomic E-state index is 13.1. The van der Waals surface area contributed by atoms with Crippen molar-refractivity contribution in [3.05, 3.63) is 82.7 Å². The second-order valence-electron chi connectivity index (χ2n) is 6.51. The summed E-state index contributed by atoms with van der Waals surface area (Å²) in [5.74, 6) is -0.249. The summed E-state index contributed by atoms with van der Waals surface area (Å²) in [6.45, 7) is 0.558. The van der Waals surface area contributed by atoms with Crippen molar-refractivity contribution >= 4 is 16.6 Å². The van der Waals surface area contributed by atoms with Gasteiger partial charge in [-0.25, -0.2) is 4.39 Å². The molecule has 136 valence electrons. The van der Waals surface area contributed by atoms with Gasteiger partial charge in [-0.1, -0.05) is 24.3 Å². The zero-order valence-electron chi connectivity index (χ0n) is 15.1. The van der Waals surface area contributed by atoms with Crippen molar-refractivity contribution in [3.63, 3.8) is 0 Å². The number of nitrogens with one attached hydrogen (secondary N) is 1. The lowest BCUT2D eigenvalue weighted by Gasteiger charge is -2.09. The molecule has 4 rings (SSSR count). The Morgan fingerprint density at radius 1 is 1.07 bits per heavy atom. The van der Waals surface area contributed by atoms with Gasteiger partial charge in [0.2, 0.25) is 0 Å². The highest BCUT2D eigenvalue weighted by atomic mass is 19.1. The summed E-state index contributed by atoms with van der Waals surface area (Å²) in [4.78, 5) is 12.1. The standard InChI is InChI=1S/C21H19FN4O/c1-23-19-9-17(13-25(2)21(19)27)15-5-6-16-11-24-26(20(16)10-15)12-14-3-7-18(22)8-4-14/h3-11,13,23H,12H2,1-2H3. The fourth-order valence-electron chi connectivity index (χ4n) is 3.19. The first-order valence-electron chi connectivity index (χ1n) is 8.64. The van der Waals surface area contributed by atoms with E-state index in [1.165, 1.54) is 12.1 Å². The fourth-order valence-corrected chi connectivity index (χ4v) is 3.19. The number of hydrogen-bond acceptors (Lipinski definition) is 3. The first kappa shape index (κ1) is 17.0. The summed E-state index contributed by atoms with van der Waals surface area (Å²) in [6, 6.07) is 14.4. The monoisotopic (exact) mass is 362 g/mol. The molecule has 0 radical (unpaired) electrons. The average Bonchev–Trinajstić information content (AvgIpc) is 3.07. The van der Waals surface area contributed by atoms with Crippen molar-refractivity contribution in [3.8, 4) is 11.1 Å². The number of aryl methyl sites for hydroxylation is 1. The van der Waals surface area contributed by atoms with Gasteiger partial charge in [0.05, 0.1) is 18.3 Å². The van der Waals surface area contributed by atoms with Crippen LogP contribution in [-0.2, 0) is 13.6 Å². The number of aromatic nitrogens is 3. The Hall–Kier alpha value is -3.41. The molecule has 0 saturated carbocycles. The largest absolute Gasteiger partial charge is 0.384 e. The normalized spacial score (nSPS) is 11.1. The topological polar surface area (TPSA) is 51.9 Å². The zero-order valence-corrected chi connectivity index (χ0v) is 15.1. The Balaban J connectivity index is 1.77. The second kappa shape index (κ2) is 6.72. The third-order valence-corrected chi connectivity index (χ3v) is 4.68. The molecule has 0 saturated heterocycles. The van der Waals surface area contributed by atoms with E-state index in [0.29, 0.717) is 12.2 Å². The highest BCUT2D eigenvalue weighted by Crippen LogP contribution is 2.25. The van der Waals surface area contributed by atoms with Gasteiger partial charge in [-0.3, -0.25) is 9.48 Å². The molecule has 2 heterocycles. The minimum absolute atomic E-state index is 0.0660. The molecule has 0 spiro atoms. The first-order valence-corrected chi connectivity index (χ1v) is 8.64. The van der Waals surface area contributed by atoms with Gasteiger partial charge in [-0.2, -0.15) is 5.10 Å². The molecule has 0 unspecified atom stereocenters. The van der Waals surface area contributed by atoms with Crippen LogP contribution in [-0.4, -0.2) is 21.4 Å². The van der Waals surface area contributed by atoms with Crippen LogP contribution in [0.15, 0.2) is 65.7 Å². The Morgan fingerprint density at radius 3 is 2.59 bits per heavy atom. The highest BCUT2D eigenvalue weighted by Gasteiger charge is 2.09. The van der Waals surface area contributed by atoms with Gasteiger partial charge >= 0.3 is 0 Å². The van der Waals surface area contributed by atoms with E-state index in [4.69, 9.17) is 0 Å². The summed E-state index contributed by atoms with van der Waals surface area (Å²) in [7, 11) is 3.48. The van der Waals surface area contributed by atoms with Crippen LogP contribution in [0, 0.1) is 5.82 Å². The summed E-state index contributed by atoms with van der Waals surface area (Å²) in [5.41, 5.74) is 4.38. The molecular formula is C21H19FN4O. The number of hydrogen-bond donors (Lipinski definition) is 1. The van der Waals surface area contributed by atoms with E-state index < -0.39 is 0 Å². The van der Waals surface area contributed by atoms with Crippen LogP contribution in [0.1, 0.15) is 5.56 Å². The number of anilines is 1. The van der Waals surface area contributed by atoms with Crippen molar-refractivity contribution in [1.29, 1.82) is 0 Å². The smallest absolute Gasteiger partial charge is 0.273 e. The maximum absolute atomic E-state index is 13.1. The Bertz CT molecular complexity index is 1180. The molecular weight excluding hydrogens is 343 g/mol. The minimum atomic E-state index is -0.249. The van der Waals surface area contributed by atoms with E-state index in [9.17, 15) is 9.18 Å². The van der Waals surface area contributed by atoms with Crippen LogP contribution >= 0.6 is 0 Å². The van der Waals surface area contributed by atoms with Crippen molar-refractivity contribution in [2.24, 2.45) is 7.05 Å². The van der Waals surface area contributed by atoms with Crippen LogP contribution in [0.2, 0.25) is 0 Å². The highest BCUT2D eigenvalue weighted by molar-refractivity contribution is 5.84. The Labute approximate surface area is 155 Å². The van der Waals surface area contributed by atoms with Gasteiger partial charge in [0, 0.05) is 31.2 Å². The van der Waals surface area contributed by atoms with E-state index in [0.717, 1.165) is 27.6 Å². The number of halogens is 1. The van der Waals surface area contributed by atoms with E-state index in [-0.39, 0.29) is 11.4 Å². The van der Waals surface area contributed by atoms with Gasteiger partial charge in [0.25, 0.3) is 5.56 Å². The molecule has 0 aliphatic heterocycles. The van der Waals surface area contributed by atoms with Crippen LogP contribution in [0.4, 0.5) is 10.1 Å². The number of pyridine rings is 1. The van der Waals surface area contributed by atoms with Gasteiger partial charge < -0.3 is 9.88 Å². The van der Waals surface area contributed by atoms with Gasteiger partial charge in [0.1, 0.15) is 11.5 Å². The molecule has 4 aromatic rings. The predicted molar refractivity (Wildman–Crippen MR) is 105 cm³/mol. The average molecular weight is 362 g/mol. The number of rotatable bonds is 4. The number of nitrogens with zero attached hydrogens (tertiary/aromatic N) is 3. The second-order valence-corrected chi connectivity index (χ2v) is 6.51. The number of fused-ring (bicyclic) bond motifs is 1. The summed E-state index contributed by atoms with van der Waals surface area (Å²) >= 11 is 0. The van der Waals surface area contributed by atoms with Crippen molar-refractivity contribution in [1.82, 2.24) is 14.3 Å². The van der Waals surface area contributed by atoms with E-state index in [2.05, 4.69) is 16.5 Å². The predicted octanol–water partition coefficient (Wildman–Crippen LogP) is 3.63. The summed E-state index contributed by atoms with van der Waals surface area (Å²) in [6.07, 6.45) is 3.65. The SMILES string of the molecule is CNc1cc(-c2ccc3cnn(Cc4ccc(F)cc4)c3c2)cn(C)c1=O. The quantitative estimate of drug-likeness (QED) is 0.603. The fraction of sp³-hybridized carbons (Fsp3) is 0.143. The van der Waals surface area contributed by atoms with E-state index in [1.807, 2.05) is 35.3 Å². The maximum Gasteiger partial charge on any atom is 0.273 e. The van der Waals surface area contributed by atoms with Gasteiger partial charge in [-0.05, 0) is 35.4 Å². The molecule has 5 nitrogen and oxygen atoms in total. The molecule has 27 heavy (non-hydrogen) atoms. The van der Waals surface area contributed by atoms with E-state index >= 15 is 0 Å². The lowest BCUT2D eigenvalue weighted by molar-refractivity contribution is 0.625. The molecule has 6 heteroatoms. The minimum Gasteiger partial charge on any atom is -0.384 e. The molecule has 0 aliphatic rings. The molecule has 2 aromatic carbocycles. The molecule has 0 amide bonds. The molecule has 0 aliphatic carbocycles. The van der Waals surface area contributed by atoms with Crippen LogP contribution in [0.5, 0.6) is 0 Å². The summed E-state index contributed by atoms with van der Waals surface area (Å²) < 4.78 is 16.6. The third-order valence-electron chi connectivity index (χ3n) is 4.68. The lowest BCUT2D eigenvalue weighted by Crippen LogP contribution is -2.19. The molecule has 2 aromatic heterocycles. The van der Waals surface area contributed by atoms with E-state index in [1.54, 1.807) is 30.8 Å². The molecule has 0 bridgehead atoms.